The van der Waals surface area contributed by atoms with Crippen molar-refractivity contribution in [2.24, 2.45) is 0 Å². The number of unbranched alkanes of at least 4 members (excludes halogenated alkanes) is 4. The number of nitrogens with zero attached hydrogens (tertiary/aromatic N) is 4. The van der Waals surface area contributed by atoms with Gasteiger partial charge in [-0.25, -0.2) is 9.59 Å². The molecule has 10 nitrogen and oxygen atoms in total. The average Bonchev–Trinajstić information content (AvgIpc) is 3.40. The molecule has 0 bridgehead atoms. The van der Waals surface area contributed by atoms with Crippen LogP contribution in [0.15, 0.2) is 84.9 Å². The van der Waals surface area contributed by atoms with Crippen LogP contribution in [0, 0.1) is 0 Å². The van der Waals surface area contributed by atoms with Crippen molar-refractivity contribution < 1.29 is 28.5 Å². The molecular weight excluding hydrogens is 729 g/mol. The van der Waals surface area contributed by atoms with E-state index in [1.807, 2.05) is 80.3 Å². The molecule has 0 atom stereocenters. The Balaban J connectivity index is 1.40. The lowest BCUT2D eigenvalue weighted by molar-refractivity contribution is -0.0795. The Morgan fingerprint density at radius 1 is 0.414 bits per heavy atom. The summed E-state index contributed by atoms with van der Waals surface area (Å²) in [5.41, 5.74) is 2.59. The zero-order valence-corrected chi connectivity index (χ0v) is 34.6. The molecule has 4 heterocycles. The lowest BCUT2D eigenvalue weighted by Crippen LogP contribution is -2.62. The molecule has 8 rings (SSSR count). The van der Waals surface area contributed by atoms with Crippen LogP contribution in [-0.4, -0.2) is 58.1 Å². The van der Waals surface area contributed by atoms with Gasteiger partial charge in [-0.3, -0.25) is 19.6 Å². The fraction of sp³-hybridized carbons (Fsp3) is 0.458. The van der Waals surface area contributed by atoms with E-state index in [0.29, 0.717) is 26.4 Å². The maximum Gasteiger partial charge on any atom is 0.325 e. The van der Waals surface area contributed by atoms with Crippen LogP contribution in [0.1, 0.15) is 112 Å². The van der Waals surface area contributed by atoms with E-state index in [2.05, 4.69) is 52.0 Å². The summed E-state index contributed by atoms with van der Waals surface area (Å²) in [4.78, 5) is 39.8. The van der Waals surface area contributed by atoms with Crippen LogP contribution in [0.5, 0.6) is 23.0 Å². The molecule has 0 unspecified atom stereocenters. The van der Waals surface area contributed by atoms with Gasteiger partial charge in [-0.1, -0.05) is 114 Å². The number of benzene rings is 4. The van der Waals surface area contributed by atoms with Gasteiger partial charge >= 0.3 is 12.1 Å². The van der Waals surface area contributed by atoms with Crippen LogP contribution >= 0.6 is 0 Å². The maximum absolute atomic E-state index is 16.0. The van der Waals surface area contributed by atoms with Crippen LogP contribution in [0.2, 0.25) is 0 Å². The normalized spacial score (nSPS) is 20.3. The Hall–Kier alpha value is -5.38. The number of carbonyl (C=O) groups is 2. The van der Waals surface area contributed by atoms with E-state index >= 15 is 9.59 Å². The molecule has 0 radical (unpaired) electrons. The van der Waals surface area contributed by atoms with Gasteiger partial charge in [0.15, 0.2) is 11.3 Å². The van der Waals surface area contributed by atoms with Gasteiger partial charge in [0.1, 0.15) is 23.0 Å². The zero-order chi connectivity index (χ0) is 40.3. The Morgan fingerprint density at radius 2 is 0.672 bits per heavy atom. The molecule has 4 aliphatic rings. The molecular formula is C48H58N4O6. The van der Waals surface area contributed by atoms with Gasteiger partial charge < -0.3 is 18.9 Å². The zero-order valence-electron chi connectivity index (χ0n) is 34.6. The third-order valence-corrected chi connectivity index (χ3v) is 12.3. The molecule has 4 aromatic carbocycles. The maximum atomic E-state index is 16.0. The lowest BCUT2D eigenvalue weighted by atomic mass is 9.79. The third-order valence-electron chi connectivity index (χ3n) is 12.3. The van der Waals surface area contributed by atoms with Crippen molar-refractivity contribution in [2.75, 3.05) is 26.4 Å². The van der Waals surface area contributed by atoms with Crippen molar-refractivity contribution in [3.63, 3.8) is 0 Å². The van der Waals surface area contributed by atoms with Gasteiger partial charge in [-0.2, -0.15) is 0 Å². The van der Waals surface area contributed by atoms with Crippen LogP contribution in [0.3, 0.4) is 0 Å². The fourth-order valence-corrected chi connectivity index (χ4v) is 9.46. The molecule has 4 aliphatic heterocycles. The Bertz CT molecular complexity index is 1840. The molecule has 4 aromatic rings. The number of amides is 4. The topological polar surface area (TPSA) is 84.0 Å². The van der Waals surface area contributed by atoms with Crippen molar-refractivity contribution in [3.8, 4) is 23.0 Å². The van der Waals surface area contributed by atoms with Gasteiger partial charge in [0.05, 0.1) is 52.6 Å². The summed E-state index contributed by atoms with van der Waals surface area (Å²) in [5.74, 6) is 2.87. The molecule has 306 valence electrons. The minimum atomic E-state index is -1.31. The number of hydrogen-bond donors (Lipinski definition) is 0. The molecule has 0 aliphatic carbocycles. The molecule has 4 amide bonds. The number of rotatable bonds is 18. The van der Waals surface area contributed by atoms with E-state index < -0.39 is 11.3 Å². The van der Waals surface area contributed by atoms with Crippen molar-refractivity contribution >= 4 is 12.1 Å². The SMILES string of the molecule is CCCCOc1ccc(OCCCC)c2c1CN1C(=O)N3Cc4c(OCCCC)ccc(OCCCC)c4CN4C(=O)N(C2)C1(c1ccccc1)C34c1ccccc1. The monoisotopic (exact) mass is 786 g/mol. The van der Waals surface area contributed by atoms with Crippen LogP contribution in [0.25, 0.3) is 0 Å². The van der Waals surface area contributed by atoms with Gasteiger partial charge in [0.2, 0.25) is 0 Å². The summed E-state index contributed by atoms with van der Waals surface area (Å²) in [5, 5.41) is 0. The summed E-state index contributed by atoms with van der Waals surface area (Å²) in [6.45, 7) is 11.6. The highest BCUT2D eigenvalue weighted by molar-refractivity contribution is 5.91. The molecule has 0 saturated carbocycles. The fourth-order valence-electron chi connectivity index (χ4n) is 9.46. The molecule has 10 heteroatoms. The highest BCUT2D eigenvalue weighted by Gasteiger charge is 2.81. The number of ether oxygens (including phenoxy) is 4. The third kappa shape index (κ3) is 6.21. The Morgan fingerprint density at radius 3 is 0.914 bits per heavy atom. The first-order valence-corrected chi connectivity index (χ1v) is 21.6. The summed E-state index contributed by atoms with van der Waals surface area (Å²) < 4.78 is 26.2. The number of urea groups is 2. The quantitative estimate of drug-likeness (QED) is 0.0934. The summed E-state index contributed by atoms with van der Waals surface area (Å²) >= 11 is 0. The van der Waals surface area contributed by atoms with Crippen molar-refractivity contribution in [1.29, 1.82) is 0 Å². The highest BCUT2D eigenvalue weighted by Crippen LogP contribution is 2.66. The predicted molar refractivity (Wildman–Crippen MR) is 224 cm³/mol. The van der Waals surface area contributed by atoms with Gasteiger partial charge in [0.25, 0.3) is 0 Å². The number of hydrogen-bond acceptors (Lipinski definition) is 6. The van der Waals surface area contributed by atoms with Crippen molar-refractivity contribution in [3.05, 3.63) is 118 Å². The standard InChI is InChI=1S/C48H58N4O6/c1-5-9-27-55-41-23-24-42(56-28-10-6-2)38-32-50-46(54)52-34-40-39(43(57-29-11-7-3)25-26-44(40)58-30-12-8-4)33-51-45(53)49(31-37(38)41)47(50,35-19-15-13-16-20-35)48(51,52)36-21-17-14-18-22-36/h13-26H,5-12,27-34H2,1-4H3. The average molecular weight is 787 g/mol. The van der Waals surface area contributed by atoms with Crippen LogP contribution < -0.4 is 18.9 Å². The number of carbonyl (C=O) groups excluding carboxylic acids is 2. The minimum Gasteiger partial charge on any atom is -0.493 e. The first-order valence-electron chi connectivity index (χ1n) is 21.6. The van der Waals surface area contributed by atoms with E-state index in [-0.39, 0.29) is 38.2 Å². The van der Waals surface area contributed by atoms with Gasteiger partial charge in [0, 0.05) is 33.4 Å². The Kier molecular flexibility index (Phi) is 11.5. The van der Waals surface area contributed by atoms with E-state index in [4.69, 9.17) is 18.9 Å². The molecule has 58 heavy (non-hydrogen) atoms. The second kappa shape index (κ2) is 16.8. The van der Waals surface area contributed by atoms with E-state index in [1.54, 1.807) is 0 Å². The second-order valence-electron chi connectivity index (χ2n) is 15.8. The highest BCUT2D eigenvalue weighted by atomic mass is 16.5. The Labute approximate surface area is 343 Å². The van der Waals surface area contributed by atoms with E-state index in [1.165, 1.54) is 0 Å². The summed E-state index contributed by atoms with van der Waals surface area (Å²) in [6.07, 6.45) is 7.57. The molecule has 2 saturated heterocycles. The van der Waals surface area contributed by atoms with Gasteiger partial charge in [-0.15, -0.1) is 0 Å². The summed E-state index contributed by atoms with van der Waals surface area (Å²) in [6, 6.07) is 27.9. The van der Waals surface area contributed by atoms with Crippen LogP contribution in [-0.2, 0) is 37.5 Å². The molecule has 2 fully saturated rings. The molecule has 0 aromatic heterocycles. The first kappa shape index (κ1) is 39.4. The lowest BCUT2D eigenvalue weighted by Gasteiger charge is -2.49. The van der Waals surface area contributed by atoms with E-state index in [9.17, 15) is 0 Å². The molecule has 0 spiro atoms. The van der Waals surface area contributed by atoms with E-state index in [0.717, 1.165) is 108 Å². The number of fused-ring (bicyclic) bond motifs is 2. The minimum absolute atomic E-state index is 0.176. The summed E-state index contributed by atoms with van der Waals surface area (Å²) in [7, 11) is 0. The largest absolute Gasteiger partial charge is 0.493 e. The van der Waals surface area contributed by atoms with Crippen molar-refractivity contribution in [1.82, 2.24) is 19.6 Å². The first-order chi connectivity index (χ1) is 28.5. The molecule has 0 N–H and O–H groups in total. The van der Waals surface area contributed by atoms with Crippen molar-refractivity contribution in [2.45, 2.75) is 117 Å². The smallest absolute Gasteiger partial charge is 0.325 e. The second-order valence-corrected chi connectivity index (χ2v) is 15.8. The van der Waals surface area contributed by atoms with Gasteiger partial charge in [-0.05, 0) is 49.9 Å². The predicted octanol–water partition coefficient (Wildman–Crippen LogP) is 10.3. The van der Waals surface area contributed by atoms with Crippen LogP contribution in [0.4, 0.5) is 9.59 Å².